The van der Waals surface area contributed by atoms with Crippen LogP contribution in [0.2, 0.25) is 5.02 Å². The van der Waals surface area contributed by atoms with Crippen LogP contribution in [0.5, 0.6) is 0 Å². The van der Waals surface area contributed by atoms with Gasteiger partial charge in [0.2, 0.25) is 15.9 Å². The van der Waals surface area contributed by atoms with Gasteiger partial charge in [-0.3, -0.25) is 9.10 Å². The molecule has 0 bridgehead atoms. The Balaban J connectivity index is 2.29. The summed E-state index contributed by atoms with van der Waals surface area (Å²) in [4.78, 5) is 12.4. The first-order chi connectivity index (χ1) is 12.1. The van der Waals surface area contributed by atoms with Gasteiger partial charge in [0.1, 0.15) is 6.54 Å². The third kappa shape index (κ3) is 4.75. The fourth-order valence-corrected chi connectivity index (χ4v) is 3.94. The van der Waals surface area contributed by atoms with Crippen LogP contribution in [0.1, 0.15) is 16.7 Å². The zero-order chi connectivity index (χ0) is 19.5. The second-order valence-electron chi connectivity index (χ2n) is 5.92. The molecule has 0 aliphatic heterocycles. The summed E-state index contributed by atoms with van der Waals surface area (Å²) >= 11 is 6.24. The Morgan fingerprint density at radius 1 is 1.23 bits per heavy atom. The van der Waals surface area contributed by atoms with Crippen LogP contribution >= 0.6 is 11.6 Å². The number of aryl methyl sites for hydroxylation is 2. The fourth-order valence-electron chi connectivity index (χ4n) is 2.55. The number of nitriles is 1. The fraction of sp³-hybridized carbons (Fsp3) is 0.222. The number of sulfonamides is 1. The predicted octanol–water partition coefficient (Wildman–Crippen LogP) is 3.23. The summed E-state index contributed by atoms with van der Waals surface area (Å²) in [5.41, 5.74) is 2.77. The number of carbonyl (C=O) groups excluding carboxylic acids is 1. The van der Waals surface area contributed by atoms with E-state index < -0.39 is 22.5 Å². The lowest BCUT2D eigenvalue weighted by Gasteiger charge is -2.25. The molecule has 2 rings (SSSR count). The second kappa shape index (κ2) is 7.77. The van der Waals surface area contributed by atoms with Gasteiger partial charge in [0.05, 0.1) is 28.6 Å². The monoisotopic (exact) mass is 391 g/mol. The van der Waals surface area contributed by atoms with E-state index in [2.05, 4.69) is 5.32 Å². The first-order valence-electron chi connectivity index (χ1n) is 7.66. The van der Waals surface area contributed by atoms with Gasteiger partial charge in [0, 0.05) is 5.69 Å². The van der Waals surface area contributed by atoms with Gasteiger partial charge in [0.15, 0.2) is 0 Å². The maximum atomic E-state index is 12.4. The summed E-state index contributed by atoms with van der Waals surface area (Å²) in [6.45, 7) is 3.18. The van der Waals surface area contributed by atoms with Gasteiger partial charge in [-0.2, -0.15) is 5.26 Å². The smallest absolute Gasteiger partial charge is 0.245 e. The Bertz CT molecular complexity index is 957. The molecule has 1 amide bonds. The molecule has 2 aromatic carbocycles. The molecule has 0 fully saturated rings. The molecule has 0 aliphatic carbocycles. The zero-order valence-corrected chi connectivity index (χ0v) is 16.1. The van der Waals surface area contributed by atoms with E-state index in [1.807, 2.05) is 13.0 Å². The van der Waals surface area contributed by atoms with Crippen LogP contribution < -0.4 is 9.62 Å². The van der Waals surface area contributed by atoms with Crippen molar-refractivity contribution in [2.45, 2.75) is 13.8 Å². The van der Waals surface area contributed by atoms with Crippen molar-refractivity contribution in [3.8, 4) is 6.07 Å². The van der Waals surface area contributed by atoms with E-state index in [-0.39, 0.29) is 10.7 Å². The van der Waals surface area contributed by atoms with E-state index in [0.29, 0.717) is 16.8 Å². The largest absolute Gasteiger partial charge is 0.325 e. The Morgan fingerprint density at radius 2 is 1.85 bits per heavy atom. The number of carbonyl (C=O) groups is 1. The van der Waals surface area contributed by atoms with Gasteiger partial charge in [-0.1, -0.05) is 17.7 Å². The van der Waals surface area contributed by atoms with Crippen LogP contribution in [-0.2, 0) is 14.8 Å². The molecule has 0 aliphatic rings. The van der Waals surface area contributed by atoms with Crippen LogP contribution in [0.4, 0.5) is 11.4 Å². The highest BCUT2D eigenvalue weighted by molar-refractivity contribution is 7.92. The molecule has 0 spiro atoms. The minimum absolute atomic E-state index is 0.263. The first kappa shape index (κ1) is 19.8. The highest BCUT2D eigenvalue weighted by Gasteiger charge is 2.25. The molecular weight excluding hydrogens is 374 g/mol. The molecule has 0 radical (unpaired) electrons. The average Bonchev–Trinajstić information content (AvgIpc) is 2.53. The van der Waals surface area contributed by atoms with Crippen molar-refractivity contribution in [2.75, 3.05) is 22.4 Å². The topological polar surface area (TPSA) is 90.3 Å². The van der Waals surface area contributed by atoms with Gasteiger partial charge in [-0.15, -0.1) is 0 Å². The van der Waals surface area contributed by atoms with E-state index in [9.17, 15) is 13.2 Å². The lowest BCUT2D eigenvalue weighted by molar-refractivity contribution is -0.114. The zero-order valence-electron chi connectivity index (χ0n) is 14.6. The number of amides is 1. The number of anilines is 2. The van der Waals surface area contributed by atoms with Crippen LogP contribution in [-0.4, -0.2) is 27.1 Å². The summed E-state index contributed by atoms with van der Waals surface area (Å²) < 4.78 is 25.5. The molecule has 26 heavy (non-hydrogen) atoms. The number of rotatable bonds is 5. The number of nitrogens with one attached hydrogen (secondary N) is 1. The Morgan fingerprint density at radius 3 is 2.35 bits per heavy atom. The molecule has 2 aromatic rings. The molecule has 0 aromatic heterocycles. The third-order valence-corrected chi connectivity index (χ3v) is 5.03. The summed E-state index contributed by atoms with van der Waals surface area (Å²) in [6, 6.07) is 11.7. The Kier molecular flexibility index (Phi) is 5.90. The maximum absolute atomic E-state index is 12.4. The molecule has 0 heterocycles. The van der Waals surface area contributed by atoms with Crippen molar-refractivity contribution in [1.29, 1.82) is 5.26 Å². The van der Waals surface area contributed by atoms with Gasteiger partial charge < -0.3 is 5.32 Å². The summed E-state index contributed by atoms with van der Waals surface area (Å²) in [5, 5.41) is 11.7. The second-order valence-corrected chi connectivity index (χ2v) is 8.23. The predicted molar refractivity (Wildman–Crippen MR) is 103 cm³/mol. The number of halogens is 1. The quantitative estimate of drug-likeness (QED) is 0.847. The minimum Gasteiger partial charge on any atom is -0.325 e. The molecule has 1 N–H and O–H groups in total. The first-order valence-corrected chi connectivity index (χ1v) is 9.89. The van der Waals surface area contributed by atoms with E-state index in [4.69, 9.17) is 16.9 Å². The van der Waals surface area contributed by atoms with Crippen molar-refractivity contribution in [3.05, 3.63) is 58.1 Å². The van der Waals surface area contributed by atoms with E-state index in [0.717, 1.165) is 16.1 Å². The lowest BCUT2D eigenvalue weighted by Crippen LogP contribution is -2.38. The van der Waals surface area contributed by atoms with Crippen molar-refractivity contribution in [3.63, 3.8) is 0 Å². The maximum Gasteiger partial charge on any atom is 0.245 e. The average molecular weight is 392 g/mol. The number of hydrogen-bond acceptors (Lipinski definition) is 4. The van der Waals surface area contributed by atoms with Crippen molar-refractivity contribution < 1.29 is 13.2 Å². The molecule has 0 saturated heterocycles. The van der Waals surface area contributed by atoms with E-state index >= 15 is 0 Å². The highest BCUT2D eigenvalue weighted by atomic mass is 35.5. The van der Waals surface area contributed by atoms with E-state index in [1.54, 1.807) is 43.3 Å². The molecule has 0 saturated carbocycles. The van der Waals surface area contributed by atoms with Gasteiger partial charge in [-0.25, -0.2) is 8.42 Å². The molecule has 8 heteroatoms. The van der Waals surface area contributed by atoms with Gasteiger partial charge in [-0.05, 0) is 55.3 Å². The number of hydrogen-bond donors (Lipinski definition) is 1. The normalized spacial score (nSPS) is 10.9. The molecular formula is C18H18ClN3O3S. The van der Waals surface area contributed by atoms with Gasteiger partial charge >= 0.3 is 0 Å². The number of benzene rings is 2. The van der Waals surface area contributed by atoms with Crippen LogP contribution in [0.3, 0.4) is 0 Å². The lowest BCUT2D eigenvalue weighted by atomic mass is 10.1. The molecule has 0 unspecified atom stereocenters. The Labute approximate surface area is 158 Å². The molecule has 0 atom stereocenters. The summed E-state index contributed by atoms with van der Waals surface area (Å²) in [7, 11) is -3.73. The molecule has 136 valence electrons. The Hall–Kier alpha value is -2.56. The van der Waals surface area contributed by atoms with Gasteiger partial charge in [0.25, 0.3) is 0 Å². The van der Waals surface area contributed by atoms with Crippen LogP contribution in [0.15, 0.2) is 36.4 Å². The SMILES string of the molecule is Cc1cc(C)c(N(CC(=O)Nc2ccc(C#N)cc2)S(C)(=O)=O)c(Cl)c1. The third-order valence-electron chi connectivity index (χ3n) is 3.63. The summed E-state index contributed by atoms with van der Waals surface area (Å²) in [5.74, 6) is -0.517. The van der Waals surface area contributed by atoms with Crippen LogP contribution in [0.25, 0.3) is 0 Å². The van der Waals surface area contributed by atoms with Crippen molar-refractivity contribution in [2.24, 2.45) is 0 Å². The minimum atomic E-state index is -3.73. The highest BCUT2D eigenvalue weighted by Crippen LogP contribution is 2.32. The number of nitrogens with zero attached hydrogens (tertiary/aromatic N) is 2. The molecule has 6 nitrogen and oxygen atoms in total. The van der Waals surface area contributed by atoms with E-state index in [1.165, 1.54) is 0 Å². The standard InChI is InChI=1S/C18H18ClN3O3S/c1-12-8-13(2)18(16(19)9-12)22(26(3,24)25)11-17(23)21-15-6-4-14(10-20)5-7-15/h4-9H,11H2,1-3H3,(H,21,23). The van der Waals surface area contributed by atoms with Crippen LogP contribution in [0, 0.1) is 25.2 Å². The van der Waals surface area contributed by atoms with Crippen molar-refractivity contribution >= 4 is 38.9 Å². The summed E-state index contributed by atoms with van der Waals surface area (Å²) in [6.07, 6.45) is 1.03. The van der Waals surface area contributed by atoms with Crippen molar-refractivity contribution in [1.82, 2.24) is 0 Å².